The number of ether oxygens (including phenoxy) is 1. The number of aromatic nitrogens is 3. The topological polar surface area (TPSA) is 71.1 Å². The maximum absolute atomic E-state index is 12.8. The van der Waals surface area contributed by atoms with E-state index in [0.29, 0.717) is 26.2 Å². The summed E-state index contributed by atoms with van der Waals surface area (Å²) in [5.41, 5.74) is 0.125. The third-order valence-corrected chi connectivity index (χ3v) is 3.84. The first kappa shape index (κ1) is 15.7. The Kier molecular flexibility index (Phi) is 3.97. The minimum atomic E-state index is -4.61. The van der Waals surface area contributed by atoms with Crippen LogP contribution >= 0.6 is 0 Å². The van der Waals surface area contributed by atoms with Crippen LogP contribution in [0.1, 0.15) is 29.5 Å². The summed E-state index contributed by atoms with van der Waals surface area (Å²) in [6.07, 6.45) is -1.46. The van der Waals surface area contributed by atoms with Gasteiger partial charge < -0.3 is 14.6 Å². The zero-order valence-corrected chi connectivity index (χ0v) is 12.4. The summed E-state index contributed by atoms with van der Waals surface area (Å²) in [5.74, 6) is -1.52. The van der Waals surface area contributed by atoms with Crippen molar-refractivity contribution in [2.24, 2.45) is 0 Å². The van der Waals surface area contributed by atoms with E-state index >= 15 is 0 Å². The highest BCUT2D eigenvalue weighted by atomic mass is 19.4. The first-order valence-electron chi connectivity index (χ1n) is 7.17. The highest BCUT2D eigenvalue weighted by molar-refractivity contribution is 6.04. The number of nitrogens with one attached hydrogen (secondary N) is 1. The Morgan fingerprint density at radius 2 is 2.17 bits per heavy atom. The van der Waals surface area contributed by atoms with Crippen molar-refractivity contribution in [3.8, 4) is 0 Å². The number of alkyl halides is 3. The number of amides is 1. The number of fused-ring (bicyclic) bond motifs is 1. The van der Waals surface area contributed by atoms with E-state index in [0.717, 1.165) is 0 Å². The van der Waals surface area contributed by atoms with Crippen LogP contribution in [0.3, 0.4) is 0 Å². The predicted molar refractivity (Wildman–Crippen MR) is 74.8 cm³/mol. The number of rotatable bonds is 1. The van der Waals surface area contributed by atoms with Gasteiger partial charge in [-0.2, -0.15) is 13.2 Å². The lowest BCUT2D eigenvalue weighted by atomic mass is 10.1. The molecule has 1 N–H and O–H groups in total. The normalized spacial score (nSPS) is 19.8. The lowest BCUT2D eigenvalue weighted by Gasteiger charge is -2.26. The Morgan fingerprint density at radius 1 is 1.39 bits per heavy atom. The molecule has 2 aromatic heterocycles. The predicted octanol–water partition coefficient (Wildman–Crippen LogP) is 2.23. The second-order valence-electron chi connectivity index (χ2n) is 5.42. The Bertz CT molecular complexity index is 728. The van der Waals surface area contributed by atoms with Gasteiger partial charge in [-0.15, -0.1) is 0 Å². The highest BCUT2D eigenvalue weighted by Crippen LogP contribution is 2.29. The number of hydrogen-bond acceptors (Lipinski definition) is 4. The molecular weight excluding hydrogens is 313 g/mol. The molecule has 9 heteroatoms. The zero-order chi connectivity index (χ0) is 16.6. The molecule has 0 radical (unpaired) electrons. The Morgan fingerprint density at radius 3 is 2.91 bits per heavy atom. The molecule has 1 unspecified atom stereocenters. The van der Waals surface area contributed by atoms with Gasteiger partial charge in [0.05, 0.1) is 23.9 Å². The number of aromatic amines is 1. The van der Waals surface area contributed by atoms with Gasteiger partial charge in [0, 0.05) is 25.4 Å². The van der Waals surface area contributed by atoms with Gasteiger partial charge in [0.25, 0.3) is 5.91 Å². The quantitative estimate of drug-likeness (QED) is 0.871. The fourth-order valence-corrected chi connectivity index (χ4v) is 2.58. The molecule has 0 saturated carbocycles. The second-order valence-corrected chi connectivity index (χ2v) is 5.42. The molecule has 1 atom stereocenters. The van der Waals surface area contributed by atoms with Crippen LogP contribution in [0.15, 0.2) is 12.4 Å². The van der Waals surface area contributed by atoms with Crippen LogP contribution in [0.2, 0.25) is 0 Å². The second kappa shape index (κ2) is 5.80. The van der Waals surface area contributed by atoms with Gasteiger partial charge in [-0.05, 0) is 13.3 Å². The van der Waals surface area contributed by atoms with Gasteiger partial charge in [0.15, 0.2) is 0 Å². The van der Waals surface area contributed by atoms with Crippen molar-refractivity contribution in [2.75, 3.05) is 19.8 Å². The maximum atomic E-state index is 12.8. The molecule has 3 rings (SSSR count). The molecule has 6 nitrogen and oxygen atoms in total. The number of imidazole rings is 1. The Labute approximate surface area is 129 Å². The lowest BCUT2D eigenvalue weighted by Crippen LogP contribution is -2.39. The molecule has 1 aliphatic heterocycles. The van der Waals surface area contributed by atoms with Crippen LogP contribution in [-0.2, 0) is 10.9 Å². The number of H-pyrrole nitrogens is 1. The fourth-order valence-electron chi connectivity index (χ4n) is 2.58. The first-order chi connectivity index (χ1) is 10.9. The summed E-state index contributed by atoms with van der Waals surface area (Å²) >= 11 is 0. The summed E-state index contributed by atoms with van der Waals surface area (Å²) in [6, 6.07) is -0.0683. The van der Waals surface area contributed by atoms with E-state index in [9.17, 15) is 18.0 Å². The first-order valence-corrected chi connectivity index (χ1v) is 7.17. The standard InChI is InChI=1S/C14H15F3N4O2/c1-8-2-4-23-5-3-21(8)12(22)9-6-18-7-10-11(9)20-13(19-10)14(15,16)17/h6-8H,2-5H2,1H3,(H,19,20). The summed E-state index contributed by atoms with van der Waals surface area (Å²) in [5, 5.41) is 0. The fraction of sp³-hybridized carbons (Fsp3) is 0.500. The van der Waals surface area contributed by atoms with Gasteiger partial charge in [0.2, 0.25) is 5.82 Å². The molecular formula is C14H15F3N4O2. The minimum Gasteiger partial charge on any atom is -0.380 e. The van der Waals surface area contributed by atoms with E-state index in [-0.39, 0.29) is 28.5 Å². The van der Waals surface area contributed by atoms with Crippen molar-refractivity contribution in [1.82, 2.24) is 19.9 Å². The van der Waals surface area contributed by atoms with Crippen molar-refractivity contribution in [3.63, 3.8) is 0 Å². The van der Waals surface area contributed by atoms with E-state index in [4.69, 9.17) is 4.74 Å². The van der Waals surface area contributed by atoms with Crippen molar-refractivity contribution in [1.29, 1.82) is 0 Å². The average molecular weight is 328 g/mol. The van der Waals surface area contributed by atoms with E-state index in [2.05, 4.69) is 15.0 Å². The number of halogens is 3. The molecule has 124 valence electrons. The SMILES string of the molecule is CC1CCOCCN1C(=O)c1cncc2[nH]c(C(F)(F)F)nc12. The van der Waals surface area contributed by atoms with Crippen LogP contribution in [0.25, 0.3) is 11.0 Å². The van der Waals surface area contributed by atoms with Crippen molar-refractivity contribution in [3.05, 3.63) is 23.8 Å². The number of hydrogen-bond donors (Lipinski definition) is 1. The number of pyridine rings is 1. The molecule has 0 aliphatic carbocycles. The Balaban J connectivity index is 2.01. The van der Waals surface area contributed by atoms with Crippen LogP contribution < -0.4 is 0 Å². The maximum Gasteiger partial charge on any atom is 0.449 e. The van der Waals surface area contributed by atoms with Crippen LogP contribution in [-0.4, -0.2) is 51.6 Å². The van der Waals surface area contributed by atoms with Crippen molar-refractivity contribution >= 4 is 16.9 Å². The molecule has 1 aliphatic rings. The summed E-state index contributed by atoms with van der Waals surface area (Å²) in [7, 11) is 0. The monoisotopic (exact) mass is 328 g/mol. The van der Waals surface area contributed by atoms with E-state index in [1.54, 1.807) is 4.90 Å². The summed E-state index contributed by atoms with van der Waals surface area (Å²) in [6.45, 7) is 3.21. The molecule has 0 spiro atoms. The zero-order valence-electron chi connectivity index (χ0n) is 12.4. The molecule has 3 heterocycles. The summed E-state index contributed by atoms with van der Waals surface area (Å²) < 4.78 is 43.7. The molecule has 1 saturated heterocycles. The van der Waals surface area contributed by atoms with Crippen molar-refractivity contribution in [2.45, 2.75) is 25.6 Å². The van der Waals surface area contributed by atoms with Crippen molar-refractivity contribution < 1.29 is 22.7 Å². The molecule has 23 heavy (non-hydrogen) atoms. The largest absolute Gasteiger partial charge is 0.449 e. The third-order valence-electron chi connectivity index (χ3n) is 3.84. The number of carbonyl (C=O) groups excluding carboxylic acids is 1. The number of nitrogens with zero attached hydrogens (tertiary/aromatic N) is 3. The lowest BCUT2D eigenvalue weighted by molar-refractivity contribution is -0.144. The molecule has 0 aromatic carbocycles. The minimum absolute atomic E-state index is 0.0188. The Hall–Kier alpha value is -2.16. The summed E-state index contributed by atoms with van der Waals surface area (Å²) in [4.78, 5) is 23.9. The number of carbonyl (C=O) groups is 1. The smallest absolute Gasteiger partial charge is 0.380 e. The van der Waals surface area contributed by atoms with Crippen LogP contribution in [0.5, 0.6) is 0 Å². The molecule has 0 bridgehead atoms. The van der Waals surface area contributed by atoms with E-state index in [1.165, 1.54) is 12.4 Å². The van der Waals surface area contributed by atoms with E-state index in [1.807, 2.05) is 6.92 Å². The van der Waals surface area contributed by atoms with Gasteiger partial charge in [0.1, 0.15) is 5.52 Å². The van der Waals surface area contributed by atoms with Crippen LogP contribution in [0, 0.1) is 0 Å². The van der Waals surface area contributed by atoms with Gasteiger partial charge >= 0.3 is 6.18 Å². The highest BCUT2D eigenvalue weighted by Gasteiger charge is 2.36. The van der Waals surface area contributed by atoms with Gasteiger partial charge in [-0.1, -0.05) is 0 Å². The van der Waals surface area contributed by atoms with Crippen LogP contribution in [0.4, 0.5) is 13.2 Å². The van der Waals surface area contributed by atoms with E-state index < -0.39 is 12.0 Å². The molecule has 1 amide bonds. The molecule has 2 aromatic rings. The third kappa shape index (κ3) is 3.00. The van der Waals surface area contributed by atoms with Gasteiger partial charge in [-0.3, -0.25) is 9.78 Å². The molecule has 1 fully saturated rings. The van der Waals surface area contributed by atoms with Gasteiger partial charge in [-0.25, -0.2) is 4.98 Å². The average Bonchev–Trinajstić information content (AvgIpc) is 2.83.